The van der Waals surface area contributed by atoms with E-state index in [1.54, 1.807) is 6.08 Å². The number of Topliss-reactive ketones (excluding diaryl/α,β-unsaturated/α-hetero) is 1. The van der Waals surface area contributed by atoms with Crippen molar-refractivity contribution < 1.29 is 32.7 Å². The number of amides is 1. The quantitative estimate of drug-likeness (QED) is 0.286. The van der Waals surface area contributed by atoms with Gasteiger partial charge in [-0.3, -0.25) is 14.9 Å². The van der Waals surface area contributed by atoms with Gasteiger partial charge in [0.2, 0.25) is 11.0 Å². The molecule has 1 aliphatic heterocycles. The first-order valence-electron chi connectivity index (χ1n) is 14.0. The van der Waals surface area contributed by atoms with Crippen molar-refractivity contribution in [1.82, 2.24) is 15.5 Å². The molecule has 1 amide bonds. The number of hydrogen-bond donors (Lipinski definition) is 3. The van der Waals surface area contributed by atoms with Gasteiger partial charge in [-0.05, 0) is 62.6 Å². The number of hydrogen-bond acceptors (Lipinski definition) is 7. The van der Waals surface area contributed by atoms with Gasteiger partial charge in [-0.2, -0.15) is 13.2 Å². The van der Waals surface area contributed by atoms with E-state index in [1.807, 2.05) is 24.3 Å². The van der Waals surface area contributed by atoms with Gasteiger partial charge in [0.05, 0.1) is 6.04 Å². The summed E-state index contributed by atoms with van der Waals surface area (Å²) in [4.78, 5) is 34.4. The van der Waals surface area contributed by atoms with E-state index in [2.05, 4.69) is 33.0 Å². The van der Waals surface area contributed by atoms with E-state index in [0.29, 0.717) is 17.5 Å². The van der Waals surface area contributed by atoms with Crippen LogP contribution in [0.4, 0.5) is 18.3 Å². The Bertz CT molecular complexity index is 1140. The average molecular weight is 595 g/mol. The second-order valence-electron chi connectivity index (χ2n) is 10.4. The van der Waals surface area contributed by atoms with E-state index in [0.717, 1.165) is 56.5 Å². The number of piperidine rings is 1. The highest BCUT2D eigenvalue weighted by atomic mass is 32.1. The number of carboxylic acid groups (broad SMARTS) is 1. The average Bonchev–Trinajstić information content (AvgIpc) is 3.44. The van der Waals surface area contributed by atoms with Gasteiger partial charge in [0, 0.05) is 12.3 Å². The van der Waals surface area contributed by atoms with Crippen LogP contribution < -0.4 is 10.6 Å². The summed E-state index contributed by atoms with van der Waals surface area (Å²) in [5, 5.41) is 23.4. The molecule has 2 aromatic rings. The summed E-state index contributed by atoms with van der Waals surface area (Å²) in [7, 11) is 0. The number of carbonyl (C=O) groups is 3. The fourth-order valence-electron chi connectivity index (χ4n) is 4.96. The Morgan fingerprint density at radius 3 is 2.37 bits per heavy atom. The normalized spacial score (nSPS) is 18.8. The predicted molar refractivity (Wildman–Crippen MR) is 151 cm³/mol. The molecular formula is C29H37F3N4O4S. The second kappa shape index (κ2) is 16.4. The molecule has 2 atom stereocenters. The summed E-state index contributed by atoms with van der Waals surface area (Å²) < 4.78 is 31.7. The van der Waals surface area contributed by atoms with Gasteiger partial charge >= 0.3 is 12.1 Å². The molecule has 8 nitrogen and oxygen atoms in total. The second-order valence-corrected chi connectivity index (χ2v) is 11.4. The zero-order valence-electron chi connectivity index (χ0n) is 22.9. The Balaban J connectivity index is 0.000000587. The molecule has 12 heteroatoms. The standard InChI is InChI=1S/C27H36N4O2S.C2HF3O2/c32-24(23-13-7-8-18-28-23)19-21(15-14-20-9-3-1-4-10-20)16-17-25(33)29-27-31-30-26(34-27)22-11-5-2-6-12-22;3-2(4,5)1(6)7/h1,3-4,9-10,16-17,21-23,28H,2,5-8,11-15,18-19H2,(H,29,31,33);(H,6,7)/b17-16+;/t21-,23-;/m0./s1. The number of allylic oxidation sites excluding steroid dienone is 1. The van der Waals surface area contributed by atoms with Crippen molar-refractivity contribution in [3.05, 3.63) is 53.1 Å². The van der Waals surface area contributed by atoms with E-state index < -0.39 is 12.1 Å². The summed E-state index contributed by atoms with van der Waals surface area (Å²) >= 11 is 1.49. The fourth-order valence-corrected chi connectivity index (χ4v) is 5.88. The van der Waals surface area contributed by atoms with Gasteiger partial charge in [0.1, 0.15) is 10.8 Å². The monoisotopic (exact) mass is 594 g/mol. The molecule has 1 aliphatic carbocycles. The van der Waals surface area contributed by atoms with E-state index in [9.17, 15) is 22.8 Å². The van der Waals surface area contributed by atoms with Crippen LogP contribution in [0.5, 0.6) is 0 Å². The van der Waals surface area contributed by atoms with E-state index in [4.69, 9.17) is 9.90 Å². The van der Waals surface area contributed by atoms with E-state index >= 15 is 0 Å². The molecule has 2 heterocycles. The number of nitrogens with one attached hydrogen (secondary N) is 2. The van der Waals surface area contributed by atoms with Crippen LogP contribution in [0.3, 0.4) is 0 Å². The van der Waals surface area contributed by atoms with Crippen molar-refractivity contribution in [2.24, 2.45) is 5.92 Å². The maximum atomic E-state index is 12.9. The Kier molecular flexibility index (Phi) is 12.9. The zero-order chi connectivity index (χ0) is 29.7. The number of alkyl halides is 3. The Morgan fingerprint density at radius 2 is 1.73 bits per heavy atom. The molecule has 1 saturated heterocycles. The summed E-state index contributed by atoms with van der Waals surface area (Å²) in [5.41, 5.74) is 1.25. The lowest BCUT2D eigenvalue weighted by Gasteiger charge is -2.23. The molecule has 3 N–H and O–H groups in total. The Labute approximate surface area is 241 Å². The molecule has 1 aromatic carbocycles. The summed E-state index contributed by atoms with van der Waals surface area (Å²) in [5.74, 6) is -2.21. The first-order chi connectivity index (χ1) is 19.6. The lowest BCUT2D eigenvalue weighted by atomic mass is 9.90. The predicted octanol–water partition coefficient (Wildman–Crippen LogP) is 6.06. The third-order valence-electron chi connectivity index (χ3n) is 7.20. The number of benzene rings is 1. The SMILES string of the molecule is O=C(/C=C/[C@H](CCc1ccccc1)CC(=O)[C@@H]1CCCCN1)Nc1nnc(C2CCCCC2)s1.O=C(O)C(F)(F)F. The highest BCUT2D eigenvalue weighted by Gasteiger charge is 2.38. The number of carbonyl (C=O) groups excluding carboxylic acids is 2. The van der Waals surface area contributed by atoms with Gasteiger partial charge in [0.15, 0.2) is 0 Å². The summed E-state index contributed by atoms with van der Waals surface area (Å²) in [6.45, 7) is 0.911. The number of rotatable bonds is 10. The van der Waals surface area contributed by atoms with Crippen molar-refractivity contribution in [3.63, 3.8) is 0 Å². The van der Waals surface area contributed by atoms with Crippen LogP contribution in [0.15, 0.2) is 42.5 Å². The molecule has 1 aromatic heterocycles. The van der Waals surface area contributed by atoms with Crippen molar-refractivity contribution in [1.29, 1.82) is 0 Å². The Hall–Kier alpha value is -3.12. The van der Waals surface area contributed by atoms with E-state index in [1.165, 1.54) is 36.2 Å². The number of ketones is 1. The van der Waals surface area contributed by atoms with Crippen LogP contribution >= 0.6 is 11.3 Å². The smallest absolute Gasteiger partial charge is 0.475 e. The minimum Gasteiger partial charge on any atom is -0.475 e. The van der Waals surface area contributed by atoms with Gasteiger partial charge in [-0.25, -0.2) is 4.79 Å². The first kappa shape index (κ1) is 32.4. The molecule has 2 fully saturated rings. The maximum absolute atomic E-state index is 12.9. The summed E-state index contributed by atoms with van der Waals surface area (Å²) in [6, 6.07) is 10.3. The molecule has 0 radical (unpaired) electrons. The van der Waals surface area contributed by atoms with Crippen LogP contribution in [0, 0.1) is 5.92 Å². The minimum absolute atomic E-state index is 0.0226. The number of halogens is 3. The van der Waals surface area contributed by atoms with Crippen molar-refractivity contribution in [2.45, 2.75) is 88.8 Å². The van der Waals surface area contributed by atoms with Crippen LogP contribution in [0.2, 0.25) is 0 Å². The third kappa shape index (κ3) is 11.7. The third-order valence-corrected chi connectivity index (χ3v) is 8.20. The number of carboxylic acids is 1. The van der Waals surface area contributed by atoms with Crippen LogP contribution in [-0.4, -0.2) is 51.7 Å². The van der Waals surface area contributed by atoms with E-state index in [-0.39, 0.29) is 23.7 Å². The van der Waals surface area contributed by atoms with Gasteiger partial charge in [-0.1, -0.05) is 73.4 Å². The lowest BCUT2D eigenvalue weighted by Crippen LogP contribution is -2.41. The van der Waals surface area contributed by atoms with Crippen molar-refractivity contribution in [2.75, 3.05) is 11.9 Å². The largest absolute Gasteiger partial charge is 0.490 e. The number of aryl methyl sites for hydroxylation is 1. The highest BCUT2D eigenvalue weighted by Crippen LogP contribution is 2.35. The number of aromatic nitrogens is 2. The van der Waals surface area contributed by atoms with Crippen molar-refractivity contribution >= 4 is 34.1 Å². The van der Waals surface area contributed by atoms with Crippen molar-refractivity contribution in [3.8, 4) is 0 Å². The highest BCUT2D eigenvalue weighted by molar-refractivity contribution is 7.15. The molecule has 4 rings (SSSR count). The number of aliphatic carboxylic acids is 1. The lowest BCUT2D eigenvalue weighted by molar-refractivity contribution is -0.192. The van der Waals surface area contributed by atoms with Crippen LogP contribution in [-0.2, 0) is 20.8 Å². The van der Waals surface area contributed by atoms with Gasteiger partial charge in [0.25, 0.3) is 0 Å². The maximum Gasteiger partial charge on any atom is 0.490 e. The molecule has 224 valence electrons. The van der Waals surface area contributed by atoms with Gasteiger partial charge < -0.3 is 10.4 Å². The molecule has 41 heavy (non-hydrogen) atoms. The number of anilines is 1. The Morgan fingerprint density at radius 1 is 1.05 bits per heavy atom. The van der Waals surface area contributed by atoms with Gasteiger partial charge in [-0.15, -0.1) is 10.2 Å². The van der Waals surface area contributed by atoms with Crippen LogP contribution in [0.1, 0.15) is 80.7 Å². The fraction of sp³-hybridized carbons (Fsp3) is 0.552. The van der Waals surface area contributed by atoms with Crippen LogP contribution in [0.25, 0.3) is 0 Å². The molecule has 0 unspecified atom stereocenters. The topological polar surface area (TPSA) is 121 Å². The molecular weight excluding hydrogens is 557 g/mol. The number of nitrogens with zero attached hydrogens (tertiary/aromatic N) is 2. The summed E-state index contributed by atoms with van der Waals surface area (Å²) in [6.07, 6.45) is 9.81. The molecule has 0 bridgehead atoms. The molecule has 0 spiro atoms. The minimum atomic E-state index is -5.08. The zero-order valence-corrected chi connectivity index (χ0v) is 23.7. The molecule has 1 saturated carbocycles. The first-order valence-corrected chi connectivity index (χ1v) is 14.9. The molecule has 2 aliphatic rings.